The molecule has 0 bridgehead atoms. The molecule has 118 valence electrons. The summed E-state index contributed by atoms with van der Waals surface area (Å²) >= 11 is 0. The zero-order valence-electron chi connectivity index (χ0n) is 13.8. The number of carbonyl (C=O) groups excluding carboxylic acids is 2. The lowest BCUT2D eigenvalue weighted by atomic mass is 9.87. The van der Waals surface area contributed by atoms with Crippen LogP contribution in [0, 0.1) is 10.8 Å². The molecule has 0 saturated carbocycles. The normalized spacial score (nSPS) is 13.6. The van der Waals surface area contributed by atoms with Crippen molar-refractivity contribution in [1.82, 2.24) is 5.32 Å². The summed E-state index contributed by atoms with van der Waals surface area (Å²) in [7, 11) is 0. The number of amides is 1. The van der Waals surface area contributed by atoms with E-state index in [1.54, 1.807) is 0 Å². The summed E-state index contributed by atoms with van der Waals surface area (Å²) in [4.78, 5) is 23.8. The molecule has 0 aromatic heterocycles. The fourth-order valence-electron chi connectivity index (χ4n) is 1.36. The predicted molar refractivity (Wildman–Crippen MR) is 78.4 cm³/mol. The molecule has 0 radical (unpaired) electrons. The van der Waals surface area contributed by atoms with Gasteiger partial charge in [0.25, 0.3) is 0 Å². The first-order valence-corrected chi connectivity index (χ1v) is 7.07. The molecule has 1 unspecified atom stereocenters. The second-order valence-corrected chi connectivity index (χ2v) is 7.25. The van der Waals surface area contributed by atoms with Gasteiger partial charge in [0.1, 0.15) is 6.04 Å². The predicted octanol–water partition coefficient (Wildman–Crippen LogP) is 3.13. The Bertz CT molecular complexity index is 326. The van der Waals surface area contributed by atoms with Crippen LogP contribution in [-0.2, 0) is 14.3 Å². The van der Waals surface area contributed by atoms with E-state index in [0.717, 1.165) is 6.42 Å². The fourth-order valence-corrected chi connectivity index (χ4v) is 1.36. The summed E-state index contributed by atoms with van der Waals surface area (Å²) in [6.07, 6.45) is 0.158. The zero-order chi connectivity index (χ0) is 16.0. The molecule has 0 aromatic carbocycles. The Hall–Kier alpha value is -1.26. The van der Waals surface area contributed by atoms with Crippen LogP contribution in [0.4, 0.5) is 4.79 Å². The number of hydrogen-bond donors (Lipinski definition) is 1. The second-order valence-electron chi connectivity index (χ2n) is 7.25. The van der Waals surface area contributed by atoms with Crippen LogP contribution in [0.25, 0.3) is 0 Å². The highest BCUT2D eigenvalue weighted by atomic mass is 16.6. The van der Waals surface area contributed by atoms with E-state index in [9.17, 15) is 9.59 Å². The summed E-state index contributed by atoms with van der Waals surface area (Å²) < 4.78 is 10.2. The smallest absolute Gasteiger partial charge is 0.407 e. The quantitative estimate of drug-likeness (QED) is 0.789. The van der Waals surface area contributed by atoms with Gasteiger partial charge in [0.05, 0.1) is 13.2 Å². The number of rotatable bonds is 5. The van der Waals surface area contributed by atoms with Crippen molar-refractivity contribution in [3.05, 3.63) is 0 Å². The lowest BCUT2D eigenvalue weighted by molar-refractivity contribution is -0.149. The van der Waals surface area contributed by atoms with Crippen LogP contribution in [0.2, 0.25) is 0 Å². The third-order valence-electron chi connectivity index (χ3n) is 2.45. The Kier molecular flexibility index (Phi) is 7.03. The van der Waals surface area contributed by atoms with E-state index in [-0.39, 0.29) is 5.41 Å². The maximum atomic E-state index is 12.0. The van der Waals surface area contributed by atoms with Crippen LogP contribution in [0.1, 0.15) is 54.9 Å². The van der Waals surface area contributed by atoms with Gasteiger partial charge in [-0.2, -0.15) is 0 Å². The van der Waals surface area contributed by atoms with E-state index in [0.29, 0.717) is 13.2 Å². The van der Waals surface area contributed by atoms with E-state index in [1.807, 2.05) is 48.5 Å². The van der Waals surface area contributed by atoms with Crippen LogP contribution >= 0.6 is 0 Å². The van der Waals surface area contributed by atoms with Crippen molar-refractivity contribution >= 4 is 12.1 Å². The summed E-state index contributed by atoms with van der Waals surface area (Å²) in [6.45, 7) is 14.1. The summed E-state index contributed by atoms with van der Waals surface area (Å²) in [5.74, 6) is -0.424. The standard InChI is InChI=1S/C15H29NO4/c1-8-9-19-12(17)11(15(5,6)7)16-13(18)20-10-14(2,3)4/h11H,8-10H2,1-7H3,(H,16,18). The van der Waals surface area contributed by atoms with Gasteiger partial charge in [-0.15, -0.1) is 0 Å². The molecule has 0 fully saturated rings. The highest BCUT2D eigenvalue weighted by Gasteiger charge is 2.34. The summed E-state index contributed by atoms with van der Waals surface area (Å²) in [6, 6.07) is -0.721. The van der Waals surface area contributed by atoms with E-state index in [2.05, 4.69) is 5.32 Å². The molecule has 0 spiro atoms. The number of nitrogens with one attached hydrogen (secondary N) is 1. The Morgan fingerprint density at radius 1 is 1.05 bits per heavy atom. The molecule has 0 aliphatic carbocycles. The van der Waals surface area contributed by atoms with E-state index >= 15 is 0 Å². The molecule has 5 heteroatoms. The maximum Gasteiger partial charge on any atom is 0.407 e. The molecule has 0 aliphatic rings. The number of alkyl carbamates (subject to hydrolysis) is 1. The van der Waals surface area contributed by atoms with Gasteiger partial charge in [0.15, 0.2) is 0 Å². The van der Waals surface area contributed by atoms with Gasteiger partial charge in [0.2, 0.25) is 0 Å². The van der Waals surface area contributed by atoms with Crippen LogP contribution < -0.4 is 5.32 Å². The van der Waals surface area contributed by atoms with Crippen LogP contribution in [0.3, 0.4) is 0 Å². The Morgan fingerprint density at radius 3 is 2.00 bits per heavy atom. The zero-order valence-corrected chi connectivity index (χ0v) is 13.8. The fraction of sp³-hybridized carbons (Fsp3) is 0.867. The maximum absolute atomic E-state index is 12.0. The number of hydrogen-bond acceptors (Lipinski definition) is 4. The first-order valence-electron chi connectivity index (χ1n) is 7.07. The van der Waals surface area contributed by atoms with Crippen molar-refractivity contribution in [2.45, 2.75) is 60.9 Å². The summed E-state index contributed by atoms with van der Waals surface area (Å²) in [5.41, 5.74) is -0.553. The van der Waals surface area contributed by atoms with Crippen LogP contribution in [0.5, 0.6) is 0 Å². The third kappa shape index (κ3) is 8.02. The van der Waals surface area contributed by atoms with Crippen molar-refractivity contribution < 1.29 is 19.1 Å². The molecule has 5 nitrogen and oxygen atoms in total. The Balaban J connectivity index is 4.59. The van der Waals surface area contributed by atoms with Crippen molar-refractivity contribution in [3.8, 4) is 0 Å². The molecular formula is C15H29NO4. The third-order valence-corrected chi connectivity index (χ3v) is 2.45. The molecular weight excluding hydrogens is 258 g/mol. The van der Waals surface area contributed by atoms with Gasteiger partial charge >= 0.3 is 12.1 Å². The topological polar surface area (TPSA) is 64.6 Å². The Labute approximate surface area is 122 Å². The molecule has 0 rings (SSSR count). The molecule has 0 heterocycles. The molecule has 1 atom stereocenters. The molecule has 20 heavy (non-hydrogen) atoms. The van der Waals surface area contributed by atoms with Gasteiger partial charge < -0.3 is 14.8 Å². The number of esters is 1. The molecule has 0 aliphatic heterocycles. The highest BCUT2D eigenvalue weighted by molar-refractivity contribution is 5.82. The minimum absolute atomic E-state index is 0.114. The van der Waals surface area contributed by atoms with Gasteiger partial charge in [-0.05, 0) is 17.3 Å². The SMILES string of the molecule is CCCOC(=O)C(NC(=O)OCC(C)(C)C)C(C)(C)C. The van der Waals surface area contributed by atoms with Gasteiger partial charge in [-0.1, -0.05) is 48.5 Å². The average molecular weight is 287 g/mol. The molecule has 0 aromatic rings. The lowest BCUT2D eigenvalue weighted by Gasteiger charge is -2.29. The molecule has 0 saturated heterocycles. The van der Waals surface area contributed by atoms with Crippen molar-refractivity contribution in [2.24, 2.45) is 10.8 Å². The summed E-state index contributed by atoms with van der Waals surface area (Å²) in [5, 5.41) is 2.60. The average Bonchev–Trinajstić information content (AvgIpc) is 2.28. The molecule has 1 N–H and O–H groups in total. The second kappa shape index (κ2) is 7.50. The minimum atomic E-state index is -0.721. The minimum Gasteiger partial charge on any atom is -0.464 e. The van der Waals surface area contributed by atoms with Crippen molar-refractivity contribution in [2.75, 3.05) is 13.2 Å². The van der Waals surface area contributed by atoms with E-state index in [1.165, 1.54) is 0 Å². The number of carbonyl (C=O) groups is 2. The molecule has 1 amide bonds. The van der Waals surface area contributed by atoms with Crippen molar-refractivity contribution in [3.63, 3.8) is 0 Å². The van der Waals surface area contributed by atoms with Gasteiger partial charge in [-0.3, -0.25) is 0 Å². The van der Waals surface area contributed by atoms with E-state index < -0.39 is 23.5 Å². The first-order chi connectivity index (χ1) is 8.97. The van der Waals surface area contributed by atoms with Gasteiger partial charge in [-0.25, -0.2) is 9.59 Å². The monoisotopic (exact) mass is 287 g/mol. The van der Waals surface area contributed by atoms with Gasteiger partial charge in [0, 0.05) is 0 Å². The van der Waals surface area contributed by atoms with E-state index in [4.69, 9.17) is 9.47 Å². The van der Waals surface area contributed by atoms with Crippen LogP contribution in [-0.4, -0.2) is 31.3 Å². The van der Waals surface area contributed by atoms with Crippen LogP contribution in [0.15, 0.2) is 0 Å². The van der Waals surface area contributed by atoms with Crippen molar-refractivity contribution in [1.29, 1.82) is 0 Å². The highest BCUT2D eigenvalue weighted by Crippen LogP contribution is 2.21. The number of ether oxygens (including phenoxy) is 2. The largest absolute Gasteiger partial charge is 0.464 e. The Morgan fingerprint density at radius 2 is 1.60 bits per heavy atom. The lowest BCUT2D eigenvalue weighted by Crippen LogP contribution is -2.50. The first kappa shape index (κ1) is 18.7.